The third-order valence-electron chi connectivity index (χ3n) is 5.15. The quantitative estimate of drug-likeness (QED) is 0.654. The van der Waals surface area contributed by atoms with Gasteiger partial charge in [0, 0.05) is 36.7 Å². The minimum atomic E-state index is -0.681. The number of nitrogens with zero attached hydrogens (tertiary/aromatic N) is 2. The maximum atomic E-state index is 12.7. The molecule has 2 saturated heterocycles. The van der Waals surface area contributed by atoms with E-state index in [0.717, 1.165) is 0 Å². The SMILES string of the molecule is NC1CN(C(=O)COc2cccc3c2CN(C2CCC(=O)NC2=O)C3=O)C1. The summed E-state index contributed by atoms with van der Waals surface area (Å²) in [4.78, 5) is 51.3. The Labute approximate surface area is 155 Å². The maximum absolute atomic E-state index is 12.7. The van der Waals surface area contributed by atoms with Gasteiger partial charge in [0.2, 0.25) is 11.8 Å². The molecular formula is C18H20N4O5. The number of nitrogens with two attached hydrogens (primary N) is 1. The number of amides is 4. The van der Waals surface area contributed by atoms with Gasteiger partial charge in [-0.1, -0.05) is 6.07 Å². The van der Waals surface area contributed by atoms with Gasteiger partial charge in [0.15, 0.2) is 6.61 Å². The monoisotopic (exact) mass is 372 g/mol. The second kappa shape index (κ2) is 6.66. The van der Waals surface area contributed by atoms with Gasteiger partial charge in [-0.3, -0.25) is 24.5 Å². The molecule has 1 atom stereocenters. The Balaban J connectivity index is 1.47. The van der Waals surface area contributed by atoms with Gasteiger partial charge in [-0.2, -0.15) is 0 Å². The molecule has 0 radical (unpaired) electrons. The summed E-state index contributed by atoms with van der Waals surface area (Å²) in [7, 11) is 0. The van der Waals surface area contributed by atoms with Gasteiger partial charge < -0.3 is 20.3 Å². The number of imide groups is 1. The van der Waals surface area contributed by atoms with Crippen molar-refractivity contribution in [2.24, 2.45) is 5.73 Å². The number of rotatable bonds is 4. The molecule has 1 aromatic rings. The number of carbonyl (C=O) groups is 4. The summed E-state index contributed by atoms with van der Waals surface area (Å²) < 4.78 is 5.67. The highest BCUT2D eigenvalue weighted by molar-refractivity contribution is 6.05. The van der Waals surface area contributed by atoms with E-state index in [2.05, 4.69) is 5.32 Å². The van der Waals surface area contributed by atoms with Crippen molar-refractivity contribution in [1.29, 1.82) is 0 Å². The van der Waals surface area contributed by atoms with Gasteiger partial charge >= 0.3 is 0 Å². The van der Waals surface area contributed by atoms with Gasteiger partial charge in [-0.15, -0.1) is 0 Å². The Kier molecular flexibility index (Phi) is 4.31. The second-order valence-electron chi connectivity index (χ2n) is 7.03. The molecule has 142 valence electrons. The standard InChI is InChI=1S/C18H20N4O5/c19-10-6-21(7-10)16(24)9-27-14-3-1-2-11-12(14)8-22(18(11)26)13-4-5-15(23)20-17(13)25/h1-3,10,13H,4-9,19H2,(H,20,23,25). The van der Waals surface area contributed by atoms with Crippen LogP contribution in [0.2, 0.25) is 0 Å². The molecule has 0 spiro atoms. The number of ether oxygens (including phenoxy) is 1. The molecule has 4 rings (SSSR count). The highest BCUT2D eigenvalue weighted by Crippen LogP contribution is 2.33. The summed E-state index contributed by atoms with van der Waals surface area (Å²) in [5.74, 6) is -0.757. The van der Waals surface area contributed by atoms with E-state index in [-0.39, 0.29) is 43.3 Å². The van der Waals surface area contributed by atoms with Crippen LogP contribution in [0.4, 0.5) is 0 Å². The summed E-state index contributed by atoms with van der Waals surface area (Å²) in [6.07, 6.45) is 0.501. The maximum Gasteiger partial charge on any atom is 0.260 e. The normalized spacial score (nSPS) is 22.4. The fourth-order valence-corrected chi connectivity index (χ4v) is 3.64. The number of benzene rings is 1. The first-order chi connectivity index (χ1) is 12.9. The van der Waals surface area contributed by atoms with Gasteiger partial charge in [-0.05, 0) is 18.6 Å². The van der Waals surface area contributed by atoms with E-state index in [4.69, 9.17) is 10.5 Å². The fourth-order valence-electron chi connectivity index (χ4n) is 3.64. The molecule has 0 bridgehead atoms. The number of carbonyl (C=O) groups excluding carboxylic acids is 4. The minimum Gasteiger partial charge on any atom is -0.483 e. The van der Waals surface area contributed by atoms with Crippen LogP contribution in [-0.4, -0.2) is 65.2 Å². The van der Waals surface area contributed by atoms with Crippen molar-refractivity contribution in [2.45, 2.75) is 31.5 Å². The molecule has 3 N–H and O–H groups in total. The van der Waals surface area contributed by atoms with E-state index in [1.807, 2.05) is 0 Å². The molecule has 0 saturated carbocycles. The zero-order valence-corrected chi connectivity index (χ0v) is 14.6. The summed E-state index contributed by atoms with van der Waals surface area (Å²) in [5, 5.41) is 2.27. The molecule has 4 amide bonds. The van der Waals surface area contributed by atoms with Crippen molar-refractivity contribution >= 4 is 23.6 Å². The fraction of sp³-hybridized carbons (Fsp3) is 0.444. The van der Waals surface area contributed by atoms with Crippen molar-refractivity contribution in [1.82, 2.24) is 15.1 Å². The lowest BCUT2D eigenvalue weighted by atomic mass is 10.0. The average molecular weight is 372 g/mol. The van der Waals surface area contributed by atoms with Gasteiger partial charge in [0.1, 0.15) is 11.8 Å². The number of nitrogens with one attached hydrogen (secondary N) is 1. The third-order valence-corrected chi connectivity index (χ3v) is 5.15. The van der Waals surface area contributed by atoms with E-state index in [9.17, 15) is 19.2 Å². The molecular weight excluding hydrogens is 352 g/mol. The topological polar surface area (TPSA) is 122 Å². The highest BCUT2D eigenvalue weighted by atomic mass is 16.5. The number of piperidine rings is 1. The van der Waals surface area contributed by atoms with Crippen molar-refractivity contribution in [2.75, 3.05) is 19.7 Å². The molecule has 1 aromatic carbocycles. The summed E-state index contributed by atoms with van der Waals surface area (Å²) >= 11 is 0. The molecule has 0 aromatic heterocycles. The first-order valence-electron chi connectivity index (χ1n) is 8.86. The van der Waals surface area contributed by atoms with Crippen molar-refractivity contribution in [3.8, 4) is 5.75 Å². The van der Waals surface area contributed by atoms with Crippen LogP contribution >= 0.6 is 0 Å². The Morgan fingerprint density at radius 1 is 1.26 bits per heavy atom. The van der Waals surface area contributed by atoms with Crippen LogP contribution in [0.1, 0.15) is 28.8 Å². The van der Waals surface area contributed by atoms with Gasteiger partial charge in [0.05, 0.1) is 6.54 Å². The van der Waals surface area contributed by atoms with E-state index in [1.54, 1.807) is 23.1 Å². The molecule has 27 heavy (non-hydrogen) atoms. The van der Waals surface area contributed by atoms with Crippen LogP contribution in [-0.2, 0) is 20.9 Å². The molecule has 2 fully saturated rings. The minimum absolute atomic E-state index is 0.0228. The van der Waals surface area contributed by atoms with Crippen LogP contribution in [0, 0.1) is 0 Å². The number of hydrogen-bond acceptors (Lipinski definition) is 6. The Morgan fingerprint density at radius 2 is 2.04 bits per heavy atom. The first kappa shape index (κ1) is 17.5. The Morgan fingerprint density at radius 3 is 2.74 bits per heavy atom. The average Bonchev–Trinajstić information content (AvgIpc) is 2.94. The smallest absolute Gasteiger partial charge is 0.260 e. The largest absolute Gasteiger partial charge is 0.483 e. The zero-order chi connectivity index (χ0) is 19.1. The van der Waals surface area contributed by atoms with Crippen LogP contribution in [0.15, 0.2) is 18.2 Å². The van der Waals surface area contributed by atoms with Crippen molar-refractivity contribution < 1.29 is 23.9 Å². The van der Waals surface area contributed by atoms with Crippen LogP contribution in [0.3, 0.4) is 0 Å². The lowest BCUT2D eigenvalue weighted by Gasteiger charge is -2.36. The zero-order valence-electron chi connectivity index (χ0n) is 14.6. The van der Waals surface area contributed by atoms with Gasteiger partial charge in [0.25, 0.3) is 11.8 Å². The van der Waals surface area contributed by atoms with E-state index >= 15 is 0 Å². The van der Waals surface area contributed by atoms with Gasteiger partial charge in [-0.25, -0.2) is 0 Å². The number of hydrogen-bond donors (Lipinski definition) is 2. The summed E-state index contributed by atoms with van der Waals surface area (Å²) in [5.41, 5.74) is 6.78. The van der Waals surface area contributed by atoms with E-state index in [1.165, 1.54) is 4.90 Å². The number of fused-ring (bicyclic) bond motifs is 1. The van der Waals surface area contributed by atoms with Crippen LogP contribution in [0.5, 0.6) is 5.75 Å². The van der Waals surface area contributed by atoms with Crippen LogP contribution < -0.4 is 15.8 Å². The third kappa shape index (κ3) is 3.14. The lowest BCUT2D eigenvalue weighted by Crippen LogP contribution is -2.58. The van der Waals surface area contributed by atoms with Crippen LogP contribution in [0.25, 0.3) is 0 Å². The van der Waals surface area contributed by atoms with E-state index < -0.39 is 11.9 Å². The lowest BCUT2D eigenvalue weighted by molar-refractivity contribution is -0.138. The van der Waals surface area contributed by atoms with Crippen molar-refractivity contribution in [3.63, 3.8) is 0 Å². The Hall–Kier alpha value is -2.94. The number of likely N-dealkylation sites (tertiary alicyclic amines) is 1. The Bertz CT molecular complexity index is 833. The predicted octanol–water partition coefficient (Wildman–Crippen LogP) is -1.00. The summed E-state index contributed by atoms with van der Waals surface area (Å²) in [6, 6.07) is 4.40. The molecule has 9 heteroatoms. The molecule has 3 aliphatic heterocycles. The molecule has 3 aliphatic rings. The predicted molar refractivity (Wildman–Crippen MR) is 92.5 cm³/mol. The first-order valence-corrected chi connectivity index (χ1v) is 8.86. The molecule has 1 unspecified atom stereocenters. The molecule has 9 nitrogen and oxygen atoms in total. The second-order valence-corrected chi connectivity index (χ2v) is 7.03. The van der Waals surface area contributed by atoms with Crippen molar-refractivity contribution in [3.05, 3.63) is 29.3 Å². The molecule has 3 heterocycles. The highest BCUT2D eigenvalue weighted by Gasteiger charge is 2.40. The molecule has 0 aliphatic carbocycles. The summed E-state index contributed by atoms with van der Waals surface area (Å²) in [6.45, 7) is 1.13. The van der Waals surface area contributed by atoms with E-state index in [0.29, 0.717) is 36.4 Å².